The number of carbonyl (C=O) groups excluding carboxylic acids is 1. The van der Waals surface area contributed by atoms with E-state index in [1.54, 1.807) is 0 Å². The Balaban J connectivity index is 1.27. The Kier molecular flexibility index (Phi) is 6.80. The summed E-state index contributed by atoms with van der Waals surface area (Å²) in [6.45, 7) is 3.03. The van der Waals surface area contributed by atoms with Gasteiger partial charge in [-0.1, -0.05) is 42.5 Å². The maximum absolute atomic E-state index is 13.2. The monoisotopic (exact) mass is 476 g/mol. The number of carbonyl (C=O) groups is 1. The molecule has 5 nitrogen and oxygen atoms in total. The minimum atomic E-state index is 0.138. The number of aromatic nitrogens is 2. The first kappa shape index (κ1) is 22.2. The van der Waals surface area contributed by atoms with E-state index in [4.69, 9.17) is 0 Å². The third-order valence-corrected chi connectivity index (χ3v) is 8.15. The SMILES string of the molecule is CN(C(=O)c1cccs1)[C@H](Cc1ccccc1)C1CCN(Cc2ccc3nsnc3c2)CC1. The van der Waals surface area contributed by atoms with Gasteiger partial charge in [-0.2, -0.15) is 8.75 Å². The summed E-state index contributed by atoms with van der Waals surface area (Å²) in [7, 11) is 1.99. The van der Waals surface area contributed by atoms with Crippen LogP contribution in [0.15, 0.2) is 66.0 Å². The van der Waals surface area contributed by atoms with Crippen LogP contribution in [0.25, 0.3) is 11.0 Å². The van der Waals surface area contributed by atoms with Crippen LogP contribution >= 0.6 is 23.1 Å². The van der Waals surface area contributed by atoms with Crippen LogP contribution in [0, 0.1) is 5.92 Å². The van der Waals surface area contributed by atoms with Gasteiger partial charge in [0.2, 0.25) is 0 Å². The van der Waals surface area contributed by atoms with Crippen molar-refractivity contribution in [2.45, 2.75) is 31.8 Å². The van der Waals surface area contributed by atoms with Crippen LogP contribution in [-0.2, 0) is 13.0 Å². The number of thiophene rings is 1. The Morgan fingerprint density at radius 3 is 2.58 bits per heavy atom. The van der Waals surface area contributed by atoms with Gasteiger partial charge < -0.3 is 4.90 Å². The largest absolute Gasteiger partial charge is 0.337 e. The van der Waals surface area contributed by atoms with Crippen LogP contribution < -0.4 is 0 Å². The van der Waals surface area contributed by atoms with Crippen molar-refractivity contribution in [2.75, 3.05) is 20.1 Å². The van der Waals surface area contributed by atoms with Crippen molar-refractivity contribution in [3.63, 3.8) is 0 Å². The lowest BCUT2D eigenvalue weighted by atomic mass is 9.84. The molecular weight excluding hydrogens is 448 g/mol. The summed E-state index contributed by atoms with van der Waals surface area (Å²) in [4.78, 5) is 18.5. The lowest BCUT2D eigenvalue weighted by Crippen LogP contribution is -2.47. The van der Waals surface area contributed by atoms with E-state index in [-0.39, 0.29) is 11.9 Å². The molecule has 1 fully saturated rings. The summed E-state index contributed by atoms with van der Waals surface area (Å²) < 4.78 is 8.68. The number of likely N-dealkylation sites (N-methyl/N-ethyl adjacent to an activating group) is 1. The second-order valence-corrected chi connectivity index (χ2v) is 10.3. The van der Waals surface area contributed by atoms with Gasteiger partial charge in [0.05, 0.1) is 16.6 Å². The van der Waals surface area contributed by atoms with Crippen molar-refractivity contribution in [3.05, 3.63) is 82.0 Å². The van der Waals surface area contributed by atoms with Gasteiger partial charge in [-0.3, -0.25) is 9.69 Å². The molecule has 4 aromatic rings. The van der Waals surface area contributed by atoms with Crippen LogP contribution in [0.1, 0.15) is 33.6 Å². The molecule has 1 saturated heterocycles. The summed E-state index contributed by atoms with van der Waals surface area (Å²) in [6.07, 6.45) is 3.09. The van der Waals surface area contributed by atoms with Crippen molar-refractivity contribution >= 4 is 40.0 Å². The molecule has 1 amide bonds. The average molecular weight is 477 g/mol. The van der Waals surface area contributed by atoms with Crippen molar-refractivity contribution in [2.24, 2.45) is 5.92 Å². The zero-order chi connectivity index (χ0) is 22.6. The molecule has 3 heterocycles. The molecule has 1 atom stereocenters. The number of hydrogen-bond acceptors (Lipinski definition) is 6. The van der Waals surface area contributed by atoms with E-state index in [9.17, 15) is 4.79 Å². The Morgan fingerprint density at radius 1 is 1.03 bits per heavy atom. The maximum atomic E-state index is 13.2. The Labute approximate surface area is 203 Å². The van der Waals surface area contributed by atoms with Gasteiger partial charge in [0.25, 0.3) is 5.91 Å². The molecule has 33 heavy (non-hydrogen) atoms. The van der Waals surface area contributed by atoms with Crippen molar-refractivity contribution < 1.29 is 4.79 Å². The molecule has 170 valence electrons. The van der Waals surface area contributed by atoms with Crippen molar-refractivity contribution in [1.82, 2.24) is 18.5 Å². The van der Waals surface area contributed by atoms with Gasteiger partial charge in [-0.15, -0.1) is 11.3 Å². The van der Waals surface area contributed by atoms with Gasteiger partial charge in [0.15, 0.2) is 0 Å². The zero-order valence-electron chi connectivity index (χ0n) is 18.8. The molecule has 0 bridgehead atoms. The number of piperidine rings is 1. The number of nitrogens with zero attached hydrogens (tertiary/aromatic N) is 4. The molecule has 2 aromatic carbocycles. The summed E-state index contributed by atoms with van der Waals surface area (Å²) in [5, 5.41) is 1.98. The minimum Gasteiger partial charge on any atom is -0.337 e. The Hall–Kier alpha value is -2.61. The molecule has 0 spiro atoms. The molecule has 5 rings (SSSR count). The number of likely N-dealkylation sites (tertiary alicyclic amines) is 1. The van der Waals surface area contributed by atoms with Gasteiger partial charge >= 0.3 is 0 Å². The van der Waals surface area contributed by atoms with E-state index in [1.165, 1.54) is 34.2 Å². The first-order chi connectivity index (χ1) is 16.2. The highest BCUT2D eigenvalue weighted by Gasteiger charge is 2.32. The molecule has 0 aliphatic carbocycles. The third kappa shape index (κ3) is 5.16. The molecule has 1 aliphatic heterocycles. The molecule has 0 N–H and O–H groups in total. The zero-order valence-corrected chi connectivity index (χ0v) is 20.4. The maximum Gasteiger partial charge on any atom is 0.263 e. The normalized spacial score (nSPS) is 16.2. The highest BCUT2D eigenvalue weighted by atomic mass is 32.1. The first-order valence-corrected chi connectivity index (χ1v) is 13.1. The summed E-state index contributed by atoms with van der Waals surface area (Å²) >= 11 is 2.80. The number of rotatable bonds is 7. The second kappa shape index (κ2) is 10.1. The third-order valence-electron chi connectivity index (χ3n) is 6.74. The van der Waals surface area contributed by atoms with Crippen LogP contribution in [0.2, 0.25) is 0 Å². The first-order valence-electron chi connectivity index (χ1n) is 11.5. The fraction of sp³-hybridized carbons (Fsp3) is 0.346. The van der Waals surface area contributed by atoms with Crippen molar-refractivity contribution in [3.8, 4) is 0 Å². The highest BCUT2D eigenvalue weighted by molar-refractivity contribution is 7.12. The van der Waals surface area contributed by atoms with Crippen LogP contribution in [0.5, 0.6) is 0 Å². The topological polar surface area (TPSA) is 49.3 Å². The standard InChI is InChI=1S/C26H28N4OS2/c1-29(26(31)25-8-5-15-32-25)24(17-19-6-3-2-4-7-19)21-11-13-30(14-12-21)18-20-9-10-22-23(16-20)28-33-27-22/h2-10,15-16,21,24H,11-14,17-18H2,1H3/t24-/m1/s1. The molecular formula is C26H28N4OS2. The smallest absolute Gasteiger partial charge is 0.263 e. The fourth-order valence-electron chi connectivity index (χ4n) is 4.88. The molecule has 0 radical (unpaired) electrons. The summed E-state index contributed by atoms with van der Waals surface area (Å²) in [6, 6.07) is 21.1. The highest BCUT2D eigenvalue weighted by Crippen LogP contribution is 2.29. The predicted octanol–water partition coefficient (Wildman–Crippen LogP) is 5.35. The van der Waals surface area contributed by atoms with Crippen LogP contribution in [0.3, 0.4) is 0 Å². The molecule has 7 heteroatoms. The van der Waals surface area contributed by atoms with Gasteiger partial charge in [0, 0.05) is 19.6 Å². The quantitative estimate of drug-likeness (QED) is 0.361. The van der Waals surface area contributed by atoms with E-state index in [2.05, 4.69) is 62.2 Å². The lowest BCUT2D eigenvalue weighted by molar-refractivity contribution is 0.0589. The van der Waals surface area contributed by atoms with Gasteiger partial charge in [-0.25, -0.2) is 0 Å². The molecule has 0 unspecified atom stereocenters. The Morgan fingerprint density at radius 2 is 1.82 bits per heavy atom. The van der Waals surface area contributed by atoms with E-state index in [0.29, 0.717) is 5.92 Å². The van der Waals surface area contributed by atoms with Crippen molar-refractivity contribution in [1.29, 1.82) is 0 Å². The number of amides is 1. The molecule has 1 aliphatic rings. The molecule has 2 aromatic heterocycles. The fourth-order valence-corrected chi connectivity index (χ4v) is 6.10. The average Bonchev–Trinajstić information content (AvgIpc) is 3.55. The van der Waals surface area contributed by atoms with E-state index in [0.717, 1.165) is 54.8 Å². The van der Waals surface area contributed by atoms with Crippen LogP contribution in [0.4, 0.5) is 0 Å². The van der Waals surface area contributed by atoms with E-state index >= 15 is 0 Å². The summed E-state index contributed by atoms with van der Waals surface area (Å²) in [5.74, 6) is 0.624. The van der Waals surface area contributed by atoms with Gasteiger partial charge in [0.1, 0.15) is 11.0 Å². The number of fused-ring (bicyclic) bond motifs is 1. The lowest BCUT2D eigenvalue weighted by Gasteiger charge is -2.40. The predicted molar refractivity (Wildman–Crippen MR) is 136 cm³/mol. The van der Waals surface area contributed by atoms with Crippen LogP contribution in [-0.4, -0.2) is 50.6 Å². The molecule has 0 saturated carbocycles. The van der Waals surface area contributed by atoms with Gasteiger partial charge in [-0.05, 0) is 73.0 Å². The van der Waals surface area contributed by atoms with E-state index in [1.807, 2.05) is 29.5 Å². The number of hydrogen-bond donors (Lipinski definition) is 0. The Bertz CT molecular complexity index is 1180. The van der Waals surface area contributed by atoms with E-state index < -0.39 is 0 Å². The minimum absolute atomic E-state index is 0.138. The summed E-state index contributed by atoms with van der Waals surface area (Å²) in [5.41, 5.74) is 4.55. The number of benzene rings is 2. The second-order valence-electron chi connectivity index (χ2n) is 8.85.